The first-order valence-corrected chi connectivity index (χ1v) is 8.83. The Morgan fingerprint density at radius 3 is 2.56 bits per heavy atom. The van der Waals surface area contributed by atoms with Gasteiger partial charge >= 0.3 is 0 Å². The Balaban J connectivity index is 1.65. The molecule has 0 aliphatic rings. The molecule has 3 rings (SSSR count). The molecule has 3 aromatic rings. The van der Waals surface area contributed by atoms with Crippen LogP contribution in [0.15, 0.2) is 47.8 Å². The molecule has 0 radical (unpaired) electrons. The van der Waals surface area contributed by atoms with Crippen molar-refractivity contribution in [3.8, 4) is 28.5 Å². The van der Waals surface area contributed by atoms with Crippen molar-refractivity contribution in [2.45, 2.75) is 0 Å². The Morgan fingerprint density at radius 2 is 1.85 bits per heavy atom. The second-order valence-corrected chi connectivity index (χ2v) is 6.25. The first kappa shape index (κ1) is 18.7. The zero-order valence-corrected chi connectivity index (χ0v) is 15.5. The molecule has 1 N–H and O–H groups in total. The highest BCUT2D eigenvalue weighted by Gasteiger charge is 2.13. The summed E-state index contributed by atoms with van der Waals surface area (Å²) in [6, 6.07) is 10.9. The van der Waals surface area contributed by atoms with Gasteiger partial charge in [0.05, 0.1) is 19.9 Å². The van der Waals surface area contributed by atoms with E-state index in [4.69, 9.17) is 14.2 Å². The molecular formula is C19H17FN2O4S. The number of ether oxygens (including phenoxy) is 3. The summed E-state index contributed by atoms with van der Waals surface area (Å²) in [6.45, 7) is -0.205. The van der Waals surface area contributed by atoms with Crippen molar-refractivity contribution in [2.24, 2.45) is 0 Å². The number of hydrogen-bond acceptors (Lipinski definition) is 6. The van der Waals surface area contributed by atoms with Crippen molar-refractivity contribution in [1.82, 2.24) is 4.98 Å². The number of thiazole rings is 1. The van der Waals surface area contributed by atoms with Gasteiger partial charge in [-0.05, 0) is 42.5 Å². The SMILES string of the molecule is COc1ccc(OC)c(-c2csc(NC(=O)COc3ccc(F)cc3)n2)c1. The average molecular weight is 388 g/mol. The Kier molecular flexibility index (Phi) is 5.87. The lowest BCUT2D eigenvalue weighted by atomic mass is 10.1. The number of carbonyl (C=O) groups excluding carboxylic acids is 1. The number of halogens is 1. The molecule has 0 unspecified atom stereocenters. The van der Waals surface area contributed by atoms with E-state index in [-0.39, 0.29) is 18.3 Å². The molecule has 0 atom stereocenters. The summed E-state index contributed by atoms with van der Waals surface area (Å²) < 4.78 is 28.8. The summed E-state index contributed by atoms with van der Waals surface area (Å²) in [6.07, 6.45) is 0. The lowest BCUT2D eigenvalue weighted by Gasteiger charge is -2.08. The average Bonchev–Trinajstić information content (AvgIpc) is 3.15. The maximum Gasteiger partial charge on any atom is 0.264 e. The van der Waals surface area contributed by atoms with Crippen molar-refractivity contribution in [3.63, 3.8) is 0 Å². The maximum absolute atomic E-state index is 12.9. The summed E-state index contributed by atoms with van der Waals surface area (Å²) >= 11 is 1.28. The van der Waals surface area contributed by atoms with Gasteiger partial charge in [0, 0.05) is 10.9 Å². The van der Waals surface area contributed by atoms with Gasteiger partial charge in [-0.15, -0.1) is 11.3 Å². The van der Waals surface area contributed by atoms with E-state index < -0.39 is 0 Å². The fourth-order valence-electron chi connectivity index (χ4n) is 2.30. The van der Waals surface area contributed by atoms with Crippen molar-refractivity contribution >= 4 is 22.4 Å². The number of amides is 1. The van der Waals surface area contributed by atoms with Gasteiger partial charge in [-0.3, -0.25) is 10.1 Å². The predicted octanol–water partition coefficient (Wildman–Crippen LogP) is 3.98. The number of aromatic nitrogens is 1. The van der Waals surface area contributed by atoms with Crippen LogP contribution < -0.4 is 19.5 Å². The minimum Gasteiger partial charge on any atom is -0.497 e. The second kappa shape index (κ2) is 8.50. The molecule has 0 aliphatic heterocycles. The minimum absolute atomic E-state index is 0.205. The molecule has 140 valence electrons. The Labute approximate surface area is 159 Å². The lowest BCUT2D eigenvalue weighted by molar-refractivity contribution is -0.118. The Hall–Kier alpha value is -3.13. The van der Waals surface area contributed by atoms with Crippen LogP contribution >= 0.6 is 11.3 Å². The third-order valence-corrected chi connectivity index (χ3v) is 4.37. The molecule has 27 heavy (non-hydrogen) atoms. The highest BCUT2D eigenvalue weighted by Crippen LogP contribution is 2.35. The van der Waals surface area contributed by atoms with E-state index in [1.54, 1.807) is 26.4 Å². The fourth-order valence-corrected chi connectivity index (χ4v) is 3.03. The molecule has 1 aromatic heterocycles. The third kappa shape index (κ3) is 4.73. The van der Waals surface area contributed by atoms with E-state index in [0.29, 0.717) is 28.1 Å². The minimum atomic E-state index is -0.366. The molecule has 0 saturated carbocycles. The first-order valence-electron chi connectivity index (χ1n) is 7.95. The van der Waals surface area contributed by atoms with Gasteiger partial charge in [-0.25, -0.2) is 9.37 Å². The summed E-state index contributed by atoms with van der Waals surface area (Å²) in [5, 5.41) is 4.92. The van der Waals surface area contributed by atoms with Crippen LogP contribution in [0.3, 0.4) is 0 Å². The normalized spacial score (nSPS) is 10.3. The van der Waals surface area contributed by atoms with Crippen LogP contribution in [-0.2, 0) is 4.79 Å². The number of benzene rings is 2. The van der Waals surface area contributed by atoms with Gasteiger partial charge < -0.3 is 14.2 Å². The highest BCUT2D eigenvalue weighted by molar-refractivity contribution is 7.14. The molecule has 0 spiro atoms. The fraction of sp³-hybridized carbons (Fsp3) is 0.158. The maximum atomic E-state index is 12.9. The van der Waals surface area contributed by atoms with E-state index in [0.717, 1.165) is 5.56 Å². The van der Waals surface area contributed by atoms with Crippen LogP contribution in [0.4, 0.5) is 9.52 Å². The van der Waals surface area contributed by atoms with Crippen molar-refractivity contribution in [2.75, 3.05) is 26.1 Å². The van der Waals surface area contributed by atoms with Gasteiger partial charge in [-0.2, -0.15) is 0 Å². The number of carbonyl (C=O) groups is 1. The van der Waals surface area contributed by atoms with Crippen LogP contribution in [0.5, 0.6) is 17.2 Å². The summed E-state index contributed by atoms with van der Waals surface area (Å²) in [5.41, 5.74) is 1.42. The standard InChI is InChI=1S/C19H17FN2O4S/c1-24-14-7-8-17(25-2)15(9-14)16-11-27-19(21-16)22-18(23)10-26-13-5-3-12(20)4-6-13/h3-9,11H,10H2,1-2H3,(H,21,22,23). The quantitative estimate of drug-likeness (QED) is 0.663. The van der Waals surface area contributed by atoms with Crippen LogP contribution in [0, 0.1) is 5.82 Å². The molecule has 6 nitrogen and oxygen atoms in total. The zero-order valence-electron chi connectivity index (χ0n) is 14.7. The molecule has 0 fully saturated rings. The van der Waals surface area contributed by atoms with Crippen LogP contribution in [0.25, 0.3) is 11.3 Å². The summed E-state index contributed by atoms with van der Waals surface area (Å²) in [7, 11) is 3.16. The summed E-state index contributed by atoms with van der Waals surface area (Å²) in [5.74, 6) is 1.01. The van der Waals surface area contributed by atoms with Gasteiger partial charge in [0.25, 0.3) is 5.91 Å². The predicted molar refractivity (Wildman–Crippen MR) is 101 cm³/mol. The molecule has 0 aliphatic carbocycles. The lowest BCUT2D eigenvalue weighted by Crippen LogP contribution is -2.20. The van der Waals surface area contributed by atoms with E-state index in [9.17, 15) is 9.18 Å². The Bertz CT molecular complexity index is 928. The van der Waals surface area contributed by atoms with Gasteiger partial charge in [-0.1, -0.05) is 0 Å². The van der Waals surface area contributed by atoms with Gasteiger partial charge in [0.15, 0.2) is 11.7 Å². The van der Waals surface area contributed by atoms with Crippen LogP contribution in [0.2, 0.25) is 0 Å². The van der Waals surface area contributed by atoms with Crippen molar-refractivity contribution < 1.29 is 23.4 Å². The summed E-state index contributed by atoms with van der Waals surface area (Å²) in [4.78, 5) is 16.5. The van der Waals surface area contributed by atoms with Crippen molar-refractivity contribution in [1.29, 1.82) is 0 Å². The van der Waals surface area contributed by atoms with Crippen LogP contribution in [0.1, 0.15) is 0 Å². The highest BCUT2D eigenvalue weighted by atomic mass is 32.1. The van der Waals surface area contributed by atoms with E-state index in [1.807, 2.05) is 11.4 Å². The number of rotatable bonds is 7. The van der Waals surface area contributed by atoms with Gasteiger partial charge in [0.1, 0.15) is 23.1 Å². The largest absolute Gasteiger partial charge is 0.497 e. The molecule has 8 heteroatoms. The van der Waals surface area contributed by atoms with Crippen molar-refractivity contribution in [3.05, 3.63) is 53.7 Å². The molecule has 0 bridgehead atoms. The van der Waals surface area contributed by atoms with E-state index in [2.05, 4.69) is 10.3 Å². The monoisotopic (exact) mass is 388 g/mol. The number of anilines is 1. The number of nitrogens with zero attached hydrogens (tertiary/aromatic N) is 1. The number of methoxy groups -OCH3 is 2. The van der Waals surface area contributed by atoms with Crippen LogP contribution in [-0.4, -0.2) is 31.7 Å². The topological polar surface area (TPSA) is 69.7 Å². The molecule has 1 heterocycles. The zero-order chi connectivity index (χ0) is 19.2. The third-order valence-electron chi connectivity index (χ3n) is 3.62. The van der Waals surface area contributed by atoms with Gasteiger partial charge in [0.2, 0.25) is 0 Å². The molecular weight excluding hydrogens is 371 g/mol. The second-order valence-electron chi connectivity index (χ2n) is 5.39. The number of nitrogens with one attached hydrogen (secondary N) is 1. The van der Waals surface area contributed by atoms with E-state index in [1.165, 1.54) is 35.6 Å². The van der Waals surface area contributed by atoms with E-state index >= 15 is 0 Å². The molecule has 1 amide bonds. The molecule has 2 aromatic carbocycles. The number of hydrogen-bond donors (Lipinski definition) is 1. The molecule has 0 saturated heterocycles. The first-order chi connectivity index (χ1) is 13.1. The smallest absolute Gasteiger partial charge is 0.264 e. The Morgan fingerprint density at radius 1 is 1.11 bits per heavy atom.